The fraction of sp³-hybridized carbons (Fsp3) is 0.562. The smallest absolute Gasteiger partial charge is 0.227 e. The molecule has 1 saturated heterocycles. The number of nitrogens with one attached hydrogen (secondary N) is 2. The monoisotopic (exact) mass is 362 g/mol. The van der Waals surface area contributed by atoms with Gasteiger partial charge in [0.2, 0.25) is 5.91 Å². The van der Waals surface area contributed by atoms with Gasteiger partial charge in [-0.15, -0.1) is 12.4 Å². The van der Waals surface area contributed by atoms with E-state index >= 15 is 0 Å². The predicted molar refractivity (Wildman–Crippen MR) is 94.9 cm³/mol. The Morgan fingerprint density at radius 3 is 2.78 bits per heavy atom. The Kier molecular flexibility index (Phi) is 9.33. The van der Waals surface area contributed by atoms with E-state index in [2.05, 4.69) is 10.6 Å². The first-order valence-electron chi connectivity index (χ1n) is 7.72. The molecule has 1 aliphatic rings. The van der Waals surface area contributed by atoms with Crippen LogP contribution in [0.5, 0.6) is 5.75 Å². The number of amides is 1. The summed E-state index contributed by atoms with van der Waals surface area (Å²) in [5.74, 6) is 0.682. The minimum absolute atomic E-state index is 0. The predicted octanol–water partition coefficient (Wildman–Crippen LogP) is 3.12. The molecule has 1 fully saturated rings. The molecule has 2 N–H and O–H groups in total. The van der Waals surface area contributed by atoms with Crippen LogP contribution in [0.2, 0.25) is 5.02 Å². The number of rotatable bonds is 7. The first-order chi connectivity index (χ1) is 10.7. The molecule has 1 aliphatic heterocycles. The normalized spacial score (nSPS) is 14.9. The Morgan fingerprint density at radius 2 is 2.09 bits per heavy atom. The fourth-order valence-electron chi connectivity index (χ4n) is 2.40. The van der Waals surface area contributed by atoms with Gasteiger partial charge >= 0.3 is 0 Å². The average molecular weight is 363 g/mol. The Balaban J connectivity index is 0.00000264. The van der Waals surface area contributed by atoms with Gasteiger partial charge in [-0.1, -0.05) is 11.6 Å². The number of carbonyl (C=O) groups is 1. The van der Waals surface area contributed by atoms with Crippen molar-refractivity contribution in [3.8, 4) is 5.75 Å². The second kappa shape index (κ2) is 10.7. The van der Waals surface area contributed by atoms with Crippen LogP contribution in [0.3, 0.4) is 0 Å². The van der Waals surface area contributed by atoms with Gasteiger partial charge in [0.15, 0.2) is 0 Å². The van der Waals surface area contributed by atoms with Crippen LogP contribution in [0.15, 0.2) is 18.2 Å². The zero-order chi connectivity index (χ0) is 15.8. The summed E-state index contributed by atoms with van der Waals surface area (Å²) in [4.78, 5) is 12.3. The first kappa shape index (κ1) is 20.0. The third-order valence-corrected chi connectivity index (χ3v) is 3.83. The number of halogens is 2. The lowest BCUT2D eigenvalue weighted by molar-refractivity contribution is -0.120. The highest BCUT2D eigenvalue weighted by atomic mass is 35.5. The van der Waals surface area contributed by atoms with Gasteiger partial charge in [0.05, 0.1) is 12.3 Å². The molecule has 0 saturated carbocycles. The van der Waals surface area contributed by atoms with Gasteiger partial charge in [0.1, 0.15) is 12.4 Å². The van der Waals surface area contributed by atoms with Gasteiger partial charge in [0, 0.05) is 17.5 Å². The van der Waals surface area contributed by atoms with E-state index in [1.807, 2.05) is 6.92 Å². The Labute approximate surface area is 148 Å². The van der Waals surface area contributed by atoms with Crippen molar-refractivity contribution in [3.05, 3.63) is 23.2 Å². The molecule has 2 rings (SSSR count). The van der Waals surface area contributed by atoms with Gasteiger partial charge in [-0.3, -0.25) is 4.79 Å². The van der Waals surface area contributed by atoms with Crippen LogP contribution in [0.4, 0.5) is 5.69 Å². The van der Waals surface area contributed by atoms with E-state index in [0.29, 0.717) is 36.3 Å². The van der Waals surface area contributed by atoms with E-state index in [0.717, 1.165) is 25.9 Å². The van der Waals surface area contributed by atoms with Gasteiger partial charge in [-0.05, 0) is 51.1 Å². The second-order valence-electron chi connectivity index (χ2n) is 5.20. The van der Waals surface area contributed by atoms with Gasteiger partial charge in [-0.25, -0.2) is 0 Å². The topological polar surface area (TPSA) is 59.6 Å². The Morgan fingerprint density at radius 1 is 1.35 bits per heavy atom. The number of ether oxygens (including phenoxy) is 2. The summed E-state index contributed by atoms with van der Waals surface area (Å²) >= 11 is 6.03. The lowest BCUT2D eigenvalue weighted by atomic mass is 9.97. The number of carbonyl (C=O) groups excluding carboxylic acids is 1. The van der Waals surface area contributed by atoms with Crippen LogP contribution in [-0.4, -0.2) is 38.8 Å². The number of hydrogen-bond donors (Lipinski definition) is 2. The van der Waals surface area contributed by atoms with E-state index in [4.69, 9.17) is 21.1 Å². The van der Waals surface area contributed by atoms with Crippen molar-refractivity contribution in [2.24, 2.45) is 5.92 Å². The highest BCUT2D eigenvalue weighted by Crippen LogP contribution is 2.29. The standard InChI is InChI=1S/C16H23ClN2O3.ClH/c1-2-21-9-10-22-15-4-3-13(17)11-14(15)19-16(20)12-5-7-18-8-6-12;/h3-4,11-12,18H,2,5-10H2,1H3,(H,19,20);1H. The van der Waals surface area contributed by atoms with E-state index in [1.165, 1.54) is 0 Å². The molecule has 0 spiro atoms. The maximum atomic E-state index is 12.3. The summed E-state index contributed by atoms with van der Waals surface area (Å²) in [5, 5.41) is 6.77. The van der Waals surface area contributed by atoms with E-state index < -0.39 is 0 Å². The number of piperidine rings is 1. The van der Waals surface area contributed by atoms with Gasteiger partial charge in [0.25, 0.3) is 0 Å². The molecule has 0 aliphatic carbocycles. The molecule has 1 heterocycles. The Hall–Kier alpha value is -1.01. The first-order valence-corrected chi connectivity index (χ1v) is 8.10. The van der Waals surface area contributed by atoms with Crippen molar-refractivity contribution >= 4 is 35.6 Å². The molecule has 0 bridgehead atoms. The molecule has 1 aromatic carbocycles. The molecular weight excluding hydrogens is 339 g/mol. The summed E-state index contributed by atoms with van der Waals surface area (Å²) in [7, 11) is 0. The molecule has 0 aromatic heterocycles. The molecule has 130 valence electrons. The molecular formula is C16H24Cl2N2O3. The van der Waals surface area contributed by atoms with Crippen LogP contribution in [0.1, 0.15) is 19.8 Å². The fourth-order valence-corrected chi connectivity index (χ4v) is 2.57. The van der Waals surface area contributed by atoms with E-state index in [9.17, 15) is 4.79 Å². The Bertz CT molecular complexity index is 494. The zero-order valence-corrected chi connectivity index (χ0v) is 14.8. The highest BCUT2D eigenvalue weighted by molar-refractivity contribution is 6.31. The van der Waals surface area contributed by atoms with Gasteiger partial charge < -0.3 is 20.1 Å². The lowest BCUT2D eigenvalue weighted by Crippen LogP contribution is -2.34. The molecule has 1 aromatic rings. The summed E-state index contributed by atoms with van der Waals surface area (Å²) < 4.78 is 10.9. The van der Waals surface area contributed by atoms with Crippen molar-refractivity contribution in [2.45, 2.75) is 19.8 Å². The third-order valence-electron chi connectivity index (χ3n) is 3.60. The van der Waals surface area contributed by atoms with Crippen LogP contribution in [0, 0.1) is 5.92 Å². The number of hydrogen-bond acceptors (Lipinski definition) is 4. The minimum atomic E-state index is 0. The highest BCUT2D eigenvalue weighted by Gasteiger charge is 2.22. The quantitative estimate of drug-likeness (QED) is 0.731. The van der Waals surface area contributed by atoms with Crippen LogP contribution >= 0.6 is 24.0 Å². The summed E-state index contributed by atoms with van der Waals surface area (Å²) in [6, 6.07) is 5.24. The molecule has 0 radical (unpaired) electrons. The van der Waals surface area contributed by atoms with Crippen molar-refractivity contribution in [1.82, 2.24) is 5.32 Å². The molecule has 7 heteroatoms. The van der Waals surface area contributed by atoms with E-state index in [-0.39, 0.29) is 24.2 Å². The summed E-state index contributed by atoms with van der Waals surface area (Å²) in [6.07, 6.45) is 1.71. The molecule has 0 atom stereocenters. The SMILES string of the molecule is CCOCCOc1ccc(Cl)cc1NC(=O)C1CCNCC1.Cl. The zero-order valence-electron chi connectivity index (χ0n) is 13.3. The van der Waals surface area contributed by atoms with Crippen LogP contribution in [0.25, 0.3) is 0 Å². The largest absolute Gasteiger partial charge is 0.489 e. The maximum absolute atomic E-state index is 12.3. The molecule has 23 heavy (non-hydrogen) atoms. The molecule has 1 amide bonds. The third kappa shape index (κ3) is 6.55. The van der Waals surface area contributed by atoms with Crippen molar-refractivity contribution in [2.75, 3.05) is 38.2 Å². The van der Waals surface area contributed by atoms with Crippen molar-refractivity contribution < 1.29 is 14.3 Å². The molecule has 0 unspecified atom stereocenters. The number of benzene rings is 1. The average Bonchev–Trinajstić information content (AvgIpc) is 2.54. The number of anilines is 1. The summed E-state index contributed by atoms with van der Waals surface area (Å²) in [6.45, 7) is 5.31. The lowest BCUT2D eigenvalue weighted by Gasteiger charge is -2.22. The van der Waals surface area contributed by atoms with Crippen molar-refractivity contribution in [1.29, 1.82) is 0 Å². The maximum Gasteiger partial charge on any atom is 0.227 e. The summed E-state index contributed by atoms with van der Waals surface area (Å²) in [5.41, 5.74) is 0.618. The van der Waals surface area contributed by atoms with Crippen LogP contribution < -0.4 is 15.4 Å². The molecule has 5 nitrogen and oxygen atoms in total. The van der Waals surface area contributed by atoms with Crippen molar-refractivity contribution in [3.63, 3.8) is 0 Å². The minimum Gasteiger partial charge on any atom is -0.489 e. The van der Waals surface area contributed by atoms with Crippen LogP contribution in [-0.2, 0) is 9.53 Å². The van der Waals surface area contributed by atoms with Gasteiger partial charge in [-0.2, -0.15) is 0 Å². The second-order valence-corrected chi connectivity index (χ2v) is 5.64. The van der Waals surface area contributed by atoms with E-state index in [1.54, 1.807) is 18.2 Å².